The van der Waals surface area contributed by atoms with Crippen LogP contribution >= 0.6 is 11.3 Å². The van der Waals surface area contributed by atoms with Crippen molar-refractivity contribution in [3.63, 3.8) is 0 Å². The maximum Gasteiger partial charge on any atom is 0.268 e. The number of nitrogens with one attached hydrogen (secondary N) is 1. The molecule has 3 aromatic rings. The van der Waals surface area contributed by atoms with E-state index < -0.39 is 15.9 Å². The Morgan fingerprint density at radius 2 is 1.96 bits per heavy atom. The minimum atomic E-state index is -3.77. The van der Waals surface area contributed by atoms with Crippen molar-refractivity contribution in [2.24, 2.45) is 7.05 Å². The number of aromatic nitrogens is 2. The molecule has 27 heavy (non-hydrogen) atoms. The van der Waals surface area contributed by atoms with Crippen molar-refractivity contribution in [2.45, 2.75) is 17.9 Å². The predicted molar refractivity (Wildman–Crippen MR) is 103 cm³/mol. The summed E-state index contributed by atoms with van der Waals surface area (Å²) in [6.07, 6.45) is 2.36. The number of benzene rings is 1. The second-order valence-corrected chi connectivity index (χ2v) is 9.12. The largest absolute Gasteiger partial charge is 0.304 e. The Kier molecular flexibility index (Phi) is 4.58. The van der Waals surface area contributed by atoms with Gasteiger partial charge in [-0.1, -0.05) is 24.3 Å². The number of hydrogen-bond acceptors (Lipinski definition) is 5. The fraction of sp³-hybridized carbons (Fsp3) is 0.222. The number of sulfonamides is 1. The van der Waals surface area contributed by atoms with Crippen molar-refractivity contribution in [2.75, 3.05) is 11.9 Å². The van der Waals surface area contributed by atoms with E-state index in [9.17, 15) is 13.2 Å². The molecule has 0 spiro atoms. The Morgan fingerprint density at radius 1 is 1.19 bits per heavy atom. The van der Waals surface area contributed by atoms with E-state index in [2.05, 4.69) is 10.4 Å². The molecule has 140 valence electrons. The van der Waals surface area contributed by atoms with Crippen LogP contribution in [0.4, 0.5) is 5.82 Å². The minimum Gasteiger partial charge on any atom is -0.304 e. The summed E-state index contributed by atoms with van der Waals surface area (Å²) in [4.78, 5) is 12.8. The van der Waals surface area contributed by atoms with E-state index in [4.69, 9.17) is 0 Å². The molecule has 3 heterocycles. The number of rotatable bonds is 4. The first-order valence-electron chi connectivity index (χ1n) is 8.40. The van der Waals surface area contributed by atoms with Gasteiger partial charge in [-0.3, -0.25) is 9.48 Å². The number of amides is 1. The molecule has 0 aliphatic carbocycles. The van der Waals surface area contributed by atoms with Crippen LogP contribution in [0, 0.1) is 0 Å². The normalized spacial score (nSPS) is 14.7. The zero-order valence-electron chi connectivity index (χ0n) is 14.6. The molecule has 1 amide bonds. The first-order chi connectivity index (χ1) is 12.9. The monoisotopic (exact) mass is 402 g/mol. The number of fused-ring (bicyclic) bond motifs is 1. The van der Waals surface area contributed by atoms with Crippen molar-refractivity contribution in [1.82, 2.24) is 14.1 Å². The molecule has 0 bridgehead atoms. The minimum absolute atomic E-state index is 0.0420. The van der Waals surface area contributed by atoms with Gasteiger partial charge in [0, 0.05) is 32.4 Å². The van der Waals surface area contributed by atoms with E-state index in [-0.39, 0.29) is 9.77 Å². The third-order valence-corrected chi connectivity index (χ3v) is 7.43. The van der Waals surface area contributed by atoms with Crippen molar-refractivity contribution in [3.05, 3.63) is 64.0 Å². The number of anilines is 1. The second kappa shape index (κ2) is 6.91. The lowest BCUT2D eigenvalue weighted by molar-refractivity contribution is 0.102. The number of hydrogen-bond donors (Lipinski definition) is 1. The van der Waals surface area contributed by atoms with Crippen LogP contribution in [0.2, 0.25) is 0 Å². The third-order valence-electron chi connectivity index (χ3n) is 4.50. The molecule has 0 saturated heterocycles. The molecule has 0 unspecified atom stereocenters. The summed E-state index contributed by atoms with van der Waals surface area (Å²) >= 11 is 1.11. The van der Waals surface area contributed by atoms with Crippen LogP contribution in [0.3, 0.4) is 0 Å². The Morgan fingerprint density at radius 3 is 2.70 bits per heavy atom. The van der Waals surface area contributed by atoms with Crippen LogP contribution in [-0.2, 0) is 30.0 Å². The van der Waals surface area contributed by atoms with Crippen LogP contribution < -0.4 is 5.32 Å². The van der Waals surface area contributed by atoms with Gasteiger partial charge in [0.05, 0.1) is 0 Å². The summed E-state index contributed by atoms with van der Waals surface area (Å²) in [5.74, 6) is -0.0918. The quantitative estimate of drug-likeness (QED) is 0.727. The lowest BCUT2D eigenvalue weighted by Gasteiger charge is -2.28. The maximum absolute atomic E-state index is 13.2. The summed E-state index contributed by atoms with van der Waals surface area (Å²) in [6.45, 7) is 0.714. The van der Waals surface area contributed by atoms with Gasteiger partial charge in [0.1, 0.15) is 9.77 Å². The highest BCUT2D eigenvalue weighted by molar-refractivity contribution is 7.89. The molecule has 1 N–H and O–H groups in total. The third kappa shape index (κ3) is 3.41. The molecule has 0 saturated carbocycles. The standard InChI is InChI=1S/C18H18N4O3S2/c1-21-9-7-16(20-21)19-18(23)17-15(8-11-26-17)27(24,25)22-10-6-13-4-2-3-5-14(13)12-22/h2-5,7-9,11H,6,10,12H2,1H3,(H,19,20,23). The summed E-state index contributed by atoms with van der Waals surface area (Å²) < 4.78 is 29.3. The number of carbonyl (C=O) groups is 1. The first-order valence-corrected chi connectivity index (χ1v) is 10.7. The lowest BCUT2D eigenvalue weighted by Crippen LogP contribution is -2.36. The van der Waals surface area contributed by atoms with Gasteiger partial charge in [-0.25, -0.2) is 8.42 Å². The second-order valence-electron chi connectivity index (χ2n) is 6.30. The Hall–Kier alpha value is -2.49. The zero-order chi connectivity index (χ0) is 19.0. The molecule has 0 fully saturated rings. The summed E-state index contributed by atoms with van der Waals surface area (Å²) in [5, 5.41) is 8.37. The Balaban J connectivity index is 1.60. The smallest absolute Gasteiger partial charge is 0.268 e. The van der Waals surface area contributed by atoms with Crippen molar-refractivity contribution < 1.29 is 13.2 Å². The highest BCUT2D eigenvalue weighted by atomic mass is 32.2. The predicted octanol–water partition coefficient (Wildman–Crippen LogP) is 2.48. The SMILES string of the molecule is Cn1ccc(NC(=O)c2sccc2S(=O)(=O)N2CCc3ccccc3C2)n1. The summed E-state index contributed by atoms with van der Waals surface area (Å²) in [7, 11) is -2.03. The van der Waals surface area contributed by atoms with Crippen molar-refractivity contribution in [1.29, 1.82) is 0 Å². The molecule has 9 heteroatoms. The van der Waals surface area contributed by atoms with Crippen molar-refractivity contribution in [3.8, 4) is 0 Å². The van der Waals surface area contributed by atoms with Crippen LogP contribution in [0.15, 0.2) is 52.9 Å². The van der Waals surface area contributed by atoms with Gasteiger partial charge in [0.25, 0.3) is 5.91 Å². The Bertz CT molecular complexity index is 1100. The number of aryl methyl sites for hydroxylation is 1. The highest BCUT2D eigenvalue weighted by Gasteiger charge is 2.32. The van der Waals surface area contributed by atoms with Gasteiger partial charge in [-0.2, -0.15) is 9.40 Å². The van der Waals surface area contributed by atoms with Gasteiger partial charge in [-0.05, 0) is 29.0 Å². The molecule has 0 radical (unpaired) electrons. The Labute approximate surface area is 161 Å². The molecule has 7 nitrogen and oxygen atoms in total. The molecule has 1 aliphatic heterocycles. The molecule has 1 aromatic carbocycles. The lowest BCUT2D eigenvalue weighted by atomic mass is 10.0. The number of thiophene rings is 1. The molecular formula is C18H18N4O3S2. The van der Waals surface area contributed by atoms with E-state index in [1.54, 1.807) is 29.4 Å². The van der Waals surface area contributed by atoms with Crippen LogP contribution in [0.1, 0.15) is 20.8 Å². The average Bonchev–Trinajstić information content (AvgIpc) is 3.31. The summed E-state index contributed by atoms with van der Waals surface area (Å²) in [5.41, 5.74) is 2.17. The fourth-order valence-electron chi connectivity index (χ4n) is 3.14. The van der Waals surface area contributed by atoms with Gasteiger partial charge in [-0.15, -0.1) is 11.3 Å². The van der Waals surface area contributed by atoms with Crippen LogP contribution in [0.5, 0.6) is 0 Å². The van der Waals surface area contributed by atoms with Gasteiger partial charge in [0.2, 0.25) is 10.0 Å². The van der Waals surface area contributed by atoms with Crippen LogP contribution in [0.25, 0.3) is 0 Å². The first kappa shape index (κ1) is 17.9. The van der Waals surface area contributed by atoms with E-state index in [0.717, 1.165) is 16.9 Å². The van der Waals surface area contributed by atoms with E-state index in [1.807, 2.05) is 24.3 Å². The highest BCUT2D eigenvalue weighted by Crippen LogP contribution is 2.29. The number of nitrogens with zero attached hydrogens (tertiary/aromatic N) is 3. The molecule has 4 rings (SSSR count). The van der Waals surface area contributed by atoms with E-state index in [1.165, 1.54) is 15.9 Å². The molecule has 0 atom stereocenters. The fourth-order valence-corrected chi connectivity index (χ4v) is 5.85. The molecule has 2 aromatic heterocycles. The average molecular weight is 403 g/mol. The maximum atomic E-state index is 13.2. The van der Waals surface area contributed by atoms with Crippen molar-refractivity contribution >= 4 is 33.1 Å². The van der Waals surface area contributed by atoms with Gasteiger partial charge in [0.15, 0.2) is 5.82 Å². The topological polar surface area (TPSA) is 84.3 Å². The molecular weight excluding hydrogens is 384 g/mol. The zero-order valence-corrected chi connectivity index (χ0v) is 16.3. The van der Waals surface area contributed by atoms with Gasteiger partial charge < -0.3 is 5.32 Å². The van der Waals surface area contributed by atoms with Crippen LogP contribution in [-0.4, -0.2) is 35.0 Å². The number of carbonyl (C=O) groups excluding carboxylic acids is 1. The van der Waals surface area contributed by atoms with E-state index >= 15 is 0 Å². The van der Waals surface area contributed by atoms with Gasteiger partial charge >= 0.3 is 0 Å². The molecule has 1 aliphatic rings. The van der Waals surface area contributed by atoms with E-state index in [0.29, 0.717) is 25.3 Å². The summed E-state index contributed by atoms with van der Waals surface area (Å²) in [6, 6.07) is 11.0.